The van der Waals surface area contributed by atoms with Crippen LogP contribution in [0, 0.1) is 0 Å². The molecule has 1 aliphatic heterocycles. The van der Waals surface area contributed by atoms with E-state index < -0.39 is 29.9 Å². The number of ether oxygens (including phenoxy) is 2. The van der Waals surface area contributed by atoms with Crippen molar-refractivity contribution in [3.8, 4) is 17.0 Å². The Bertz CT molecular complexity index is 1190. The lowest BCUT2D eigenvalue weighted by atomic mass is 10.1. The monoisotopic (exact) mass is 583 g/mol. The third kappa shape index (κ3) is 10.0. The minimum Gasteiger partial charge on any atom is -0.492 e. The smallest absolute Gasteiger partial charge is 0.409 e. The maximum atomic E-state index is 13.4. The second-order valence-corrected chi connectivity index (χ2v) is 10.0. The quantitative estimate of drug-likeness (QED) is 0.267. The molecule has 12 heteroatoms. The number of carboxylic acids is 1. The molecule has 228 valence electrons. The number of benzene rings is 1. The predicted molar refractivity (Wildman–Crippen MR) is 156 cm³/mol. The molecule has 1 aromatic heterocycles. The van der Waals surface area contributed by atoms with E-state index in [1.165, 1.54) is 11.0 Å². The first-order valence-corrected chi connectivity index (χ1v) is 14.5. The van der Waals surface area contributed by atoms with Crippen LogP contribution in [-0.2, 0) is 14.3 Å². The van der Waals surface area contributed by atoms with Crippen molar-refractivity contribution < 1.29 is 33.8 Å². The Balaban J connectivity index is 1.68. The molecule has 4 N–H and O–H groups in total. The normalized spacial score (nSPS) is 13.8. The highest BCUT2D eigenvalue weighted by molar-refractivity contribution is 5.97. The number of aliphatic carboxylic acids is 1. The molecule has 0 spiro atoms. The molecule has 1 aromatic carbocycles. The van der Waals surface area contributed by atoms with Gasteiger partial charge >= 0.3 is 12.1 Å². The van der Waals surface area contributed by atoms with E-state index in [4.69, 9.17) is 15.2 Å². The van der Waals surface area contributed by atoms with E-state index in [2.05, 4.69) is 17.2 Å². The van der Waals surface area contributed by atoms with Gasteiger partial charge in [0.2, 0.25) is 5.91 Å². The van der Waals surface area contributed by atoms with Crippen LogP contribution in [0.4, 0.5) is 4.79 Å². The molecule has 3 amide bonds. The number of aromatic nitrogens is 1. The number of unbranched alkanes of at least 4 members (excludes halogenated alkanes) is 3. The number of nitrogens with two attached hydrogens (primary N) is 1. The molecule has 0 bridgehead atoms. The number of rotatable bonds is 15. The van der Waals surface area contributed by atoms with Crippen LogP contribution in [0.2, 0.25) is 0 Å². The zero-order valence-corrected chi connectivity index (χ0v) is 24.1. The van der Waals surface area contributed by atoms with E-state index in [1.807, 2.05) is 30.3 Å². The summed E-state index contributed by atoms with van der Waals surface area (Å²) in [6, 6.07) is 11.3. The molecule has 0 radical (unpaired) electrons. The molecule has 0 saturated carbocycles. The number of amides is 3. The fraction of sp³-hybridized carbons (Fsp3) is 0.500. The van der Waals surface area contributed by atoms with E-state index in [-0.39, 0.29) is 57.9 Å². The van der Waals surface area contributed by atoms with Crippen LogP contribution in [0.1, 0.15) is 55.9 Å². The van der Waals surface area contributed by atoms with Crippen molar-refractivity contribution in [3.05, 3.63) is 48.2 Å². The lowest BCUT2D eigenvalue weighted by Gasteiger charge is -2.36. The molecule has 12 nitrogen and oxygen atoms in total. The number of carbonyl (C=O) groups excluding carboxylic acids is 3. The van der Waals surface area contributed by atoms with Crippen molar-refractivity contribution in [2.24, 2.45) is 5.73 Å². The molecule has 1 saturated heterocycles. The Kier molecular flexibility index (Phi) is 13.0. The minimum absolute atomic E-state index is 0.0167. The van der Waals surface area contributed by atoms with Crippen LogP contribution >= 0.6 is 0 Å². The fourth-order valence-electron chi connectivity index (χ4n) is 4.51. The van der Waals surface area contributed by atoms with Crippen LogP contribution in [0.3, 0.4) is 0 Å². The van der Waals surface area contributed by atoms with E-state index in [1.54, 1.807) is 11.0 Å². The summed E-state index contributed by atoms with van der Waals surface area (Å²) in [5.41, 5.74) is 6.85. The summed E-state index contributed by atoms with van der Waals surface area (Å²) in [7, 11) is 0. The summed E-state index contributed by atoms with van der Waals surface area (Å²) in [5, 5.41) is 12.0. The molecule has 2 aromatic rings. The average molecular weight is 584 g/mol. The van der Waals surface area contributed by atoms with Gasteiger partial charge in [0, 0.05) is 56.8 Å². The van der Waals surface area contributed by atoms with Gasteiger partial charge in [0.1, 0.15) is 24.1 Å². The molecule has 0 unspecified atom stereocenters. The number of hydrogen-bond donors (Lipinski definition) is 3. The third-order valence-corrected chi connectivity index (χ3v) is 6.81. The van der Waals surface area contributed by atoms with Crippen LogP contribution in [0.25, 0.3) is 11.3 Å². The van der Waals surface area contributed by atoms with Gasteiger partial charge in [0.25, 0.3) is 5.91 Å². The molecule has 1 atom stereocenters. The Hall–Kier alpha value is -4.19. The molecule has 0 aliphatic carbocycles. The lowest BCUT2D eigenvalue weighted by Crippen LogP contribution is -2.56. The van der Waals surface area contributed by atoms with E-state index in [9.17, 15) is 24.3 Å². The Labute approximate surface area is 246 Å². The Morgan fingerprint density at radius 3 is 2.38 bits per heavy atom. The highest BCUT2D eigenvalue weighted by atomic mass is 16.6. The van der Waals surface area contributed by atoms with Crippen molar-refractivity contribution in [1.82, 2.24) is 20.1 Å². The van der Waals surface area contributed by atoms with Gasteiger partial charge in [0.15, 0.2) is 0 Å². The predicted octanol–water partition coefficient (Wildman–Crippen LogP) is 2.91. The minimum atomic E-state index is -1.10. The Morgan fingerprint density at radius 1 is 1.00 bits per heavy atom. The summed E-state index contributed by atoms with van der Waals surface area (Å²) >= 11 is 0. The Morgan fingerprint density at radius 2 is 1.71 bits per heavy atom. The van der Waals surface area contributed by atoms with Gasteiger partial charge in [-0.2, -0.15) is 0 Å². The van der Waals surface area contributed by atoms with Crippen molar-refractivity contribution in [2.75, 3.05) is 45.9 Å². The first-order chi connectivity index (χ1) is 20.3. The molecule has 3 rings (SSSR count). The number of piperazine rings is 1. The SMILES string of the molecule is CCCCCCOC(=O)N1CCN(C(=O)[C@H](CCC(=O)O)NC(=O)c2cc(OCCN)cc(-c3ccccc3)n2)CC1. The van der Waals surface area contributed by atoms with Gasteiger partial charge in [-0.25, -0.2) is 9.78 Å². The van der Waals surface area contributed by atoms with E-state index in [0.29, 0.717) is 18.1 Å². The summed E-state index contributed by atoms with van der Waals surface area (Å²) in [5.74, 6) is -1.76. The lowest BCUT2D eigenvalue weighted by molar-refractivity contribution is -0.138. The van der Waals surface area contributed by atoms with Crippen LogP contribution in [-0.4, -0.2) is 95.7 Å². The first-order valence-electron chi connectivity index (χ1n) is 14.5. The molecule has 1 aliphatic rings. The zero-order chi connectivity index (χ0) is 30.3. The molecular formula is C30H41N5O7. The van der Waals surface area contributed by atoms with Crippen LogP contribution < -0.4 is 15.8 Å². The summed E-state index contributed by atoms with van der Waals surface area (Å²) < 4.78 is 11.0. The van der Waals surface area contributed by atoms with Crippen molar-refractivity contribution in [1.29, 1.82) is 0 Å². The number of hydrogen-bond acceptors (Lipinski definition) is 8. The fourth-order valence-corrected chi connectivity index (χ4v) is 4.51. The van der Waals surface area contributed by atoms with Gasteiger partial charge in [-0.05, 0) is 12.8 Å². The number of nitrogens with zero attached hydrogens (tertiary/aromatic N) is 3. The summed E-state index contributed by atoms with van der Waals surface area (Å²) in [6.45, 7) is 4.02. The maximum absolute atomic E-state index is 13.4. The zero-order valence-electron chi connectivity index (χ0n) is 24.1. The number of carboxylic acid groups (broad SMARTS) is 1. The molecule has 1 fully saturated rings. The van der Waals surface area contributed by atoms with Gasteiger partial charge in [-0.15, -0.1) is 0 Å². The standard InChI is InChI=1S/C30H41N5O7/c1-2-3-4-8-18-42-30(40)35-16-14-34(15-17-35)29(39)24(11-12-27(36)37)33-28(38)26-21-23(41-19-13-31)20-25(32-26)22-9-6-5-7-10-22/h5-7,9-10,20-21,24H,2-4,8,11-19,31H2,1H3,(H,33,38)(H,36,37)/t24-/m0/s1. The largest absolute Gasteiger partial charge is 0.492 e. The van der Waals surface area contributed by atoms with Crippen molar-refractivity contribution in [2.45, 2.75) is 51.5 Å². The third-order valence-electron chi connectivity index (χ3n) is 6.81. The molecule has 42 heavy (non-hydrogen) atoms. The highest BCUT2D eigenvalue weighted by Crippen LogP contribution is 2.23. The second-order valence-electron chi connectivity index (χ2n) is 10.0. The van der Waals surface area contributed by atoms with Crippen LogP contribution in [0.5, 0.6) is 5.75 Å². The van der Waals surface area contributed by atoms with Crippen LogP contribution in [0.15, 0.2) is 42.5 Å². The van der Waals surface area contributed by atoms with Gasteiger partial charge in [0.05, 0.1) is 12.3 Å². The molecule has 2 heterocycles. The second kappa shape index (κ2) is 16.9. The summed E-state index contributed by atoms with van der Waals surface area (Å²) in [6.07, 6.45) is 3.18. The van der Waals surface area contributed by atoms with Crippen molar-refractivity contribution >= 4 is 23.9 Å². The van der Waals surface area contributed by atoms with E-state index >= 15 is 0 Å². The number of carbonyl (C=O) groups is 4. The first kappa shape index (κ1) is 32.3. The average Bonchev–Trinajstić information content (AvgIpc) is 3.01. The topological polar surface area (TPSA) is 164 Å². The van der Waals surface area contributed by atoms with Crippen molar-refractivity contribution in [3.63, 3.8) is 0 Å². The summed E-state index contributed by atoms with van der Waals surface area (Å²) in [4.78, 5) is 58.1. The number of pyridine rings is 1. The van der Waals surface area contributed by atoms with Gasteiger partial charge in [-0.3, -0.25) is 14.4 Å². The van der Waals surface area contributed by atoms with E-state index in [0.717, 1.165) is 31.2 Å². The maximum Gasteiger partial charge on any atom is 0.409 e. The molecular weight excluding hydrogens is 542 g/mol. The number of nitrogens with one attached hydrogen (secondary N) is 1. The van der Waals surface area contributed by atoms with Gasteiger partial charge < -0.3 is 35.4 Å². The van der Waals surface area contributed by atoms with Gasteiger partial charge in [-0.1, -0.05) is 56.5 Å². The highest BCUT2D eigenvalue weighted by Gasteiger charge is 2.31.